The summed E-state index contributed by atoms with van der Waals surface area (Å²) in [5, 5.41) is 13.6. The van der Waals surface area contributed by atoms with Gasteiger partial charge in [0.1, 0.15) is 6.04 Å². The third kappa shape index (κ3) is 4.10. The first kappa shape index (κ1) is 13.0. The van der Waals surface area contributed by atoms with E-state index in [-0.39, 0.29) is 6.04 Å². The summed E-state index contributed by atoms with van der Waals surface area (Å²) in [4.78, 5) is 25.9. The number of urea groups is 1. The highest BCUT2D eigenvalue weighted by atomic mass is 16.4. The van der Waals surface area contributed by atoms with Crippen LogP contribution in [0.4, 0.5) is 4.79 Å². The van der Waals surface area contributed by atoms with Crippen LogP contribution in [-0.4, -0.2) is 28.1 Å². The minimum atomic E-state index is -1.07. The second-order valence-electron chi connectivity index (χ2n) is 3.69. The highest BCUT2D eigenvalue weighted by Crippen LogP contribution is 2.09. The Labute approximate surface area is 99.1 Å². The number of rotatable bonds is 4. The maximum Gasteiger partial charge on any atom is 0.325 e. The molecule has 0 saturated carbocycles. The van der Waals surface area contributed by atoms with Gasteiger partial charge < -0.3 is 15.7 Å². The first-order valence-corrected chi connectivity index (χ1v) is 5.20. The number of hydrogen-bond donors (Lipinski definition) is 3. The Balaban J connectivity index is 2.49. The summed E-state index contributed by atoms with van der Waals surface area (Å²) >= 11 is 0. The molecule has 2 unspecified atom stereocenters. The summed E-state index contributed by atoms with van der Waals surface area (Å²) in [7, 11) is 0. The molecule has 0 bridgehead atoms. The van der Waals surface area contributed by atoms with E-state index in [0.717, 1.165) is 5.56 Å². The number of carboxylic acids is 1. The second kappa shape index (κ2) is 5.83. The van der Waals surface area contributed by atoms with Crippen LogP contribution < -0.4 is 10.6 Å². The molecule has 0 saturated heterocycles. The van der Waals surface area contributed by atoms with Crippen molar-refractivity contribution in [3.63, 3.8) is 0 Å². The molecule has 92 valence electrons. The lowest BCUT2D eigenvalue weighted by molar-refractivity contribution is -0.138. The van der Waals surface area contributed by atoms with E-state index in [2.05, 4.69) is 15.6 Å². The van der Waals surface area contributed by atoms with Gasteiger partial charge in [0.25, 0.3) is 0 Å². The molecule has 2 atom stereocenters. The fourth-order valence-corrected chi connectivity index (χ4v) is 1.21. The first-order valence-electron chi connectivity index (χ1n) is 5.20. The predicted molar refractivity (Wildman–Crippen MR) is 61.4 cm³/mol. The molecule has 17 heavy (non-hydrogen) atoms. The van der Waals surface area contributed by atoms with Crippen molar-refractivity contribution in [3.05, 3.63) is 30.1 Å². The number of aromatic nitrogens is 1. The van der Waals surface area contributed by atoms with Crippen molar-refractivity contribution in [1.82, 2.24) is 15.6 Å². The summed E-state index contributed by atoms with van der Waals surface area (Å²) in [6.45, 7) is 3.19. The number of hydrogen-bond acceptors (Lipinski definition) is 3. The molecule has 1 aromatic heterocycles. The summed E-state index contributed by atoms with van der Waals surface area (Å²) < 4.78 is 0. The van der Waals surface area contributed by atoms with Gasteiger partial charge in [0.2, 0.25) is 0 Å². The standard InChI is InChI=1S/C11H15N3O3/c1-7(9-4-3-5-12-6-9)13-11(17)14-8(2)10(15)16/h3-8H,1-2H3,(H,15,16)(H2,13,14,17). The van der Waals surface area contributed by atoms with Gasteiger partial charge in [0.05, 0.1) is 6.04 Å². The molecular weight excluding hydrogens is 222 g/mol. The molecule has 3 N–H and O–H groups in total. The molecular formula is C11H15N3O3. The van der Waals surface area contributed by atoms with Gasteiger partial charge in [-0.1, -0.05) is 6.07 Å². The lowest BCUT2D eigenvalue weighted by Crippen LogP contribution is -2.45. The third-order valence-electron chi connectivity index (χ3n) is 2.25. The molecule has 6 nitrogen and oxygen atoms in total. The normalized spacial score (nSPS) is 13.5. The molecule has 0 aliphatic heterocycles. The molecule has 6 heteroatoms. The van der Waals surface area contributed by atoms with Crippen LogP contribution >= 0.6 is 0 Å². The van der Waals surface area contributed by atoms with Crippen molar-refractivity contribution < 1.29 is 14.7 Å². The average Bonchev–Trinajstić information content (AvgIpc) is 2.29. The summed E-state index contributed by atoms with van der Waals surface area (Å²) in [6.07, 6.45) is 3.29. The van der Waals surface area contributed by atoms with Gasteiger partial charge >= 0.3 is 12.0 Å². The molecule has 0 radical (unpaired) electrons. The predicted octanol–water partition coefficient (Wildman–Crippen LogP) is 0.915. The number of carboxylic acid groups (broad SMARTS) is 1. The van der Waals surface area contributed by atoms with Gasteiger partial charge in [-0.2, -0.15) is 0 Å². The number of nitrogens with zero attached hydrogens (tertiary/aromatic N) is 1. The number of amides is 2. The minimum Gasteiger partial charge on any atom is -0.480 e. The van der Waals surface area contributed by atoms with E-state index in [4.69, 9.17) is 5.11 Å². The largest absolute Gasteiger partial charge is 0.480 e. The fourth-order valence-electron chi connectivity index (χ4n) is 1.21. The molecule has 1 aromatic rings. The van der Waals surface area contributed by atoms with Crippen molar-refractivity contribution >= 4 is 12.0 Å². The number of pyridine rings is 1. The topological polar surface area (TPSA) is 91.3 Å². The van der Waals surface area contributed by atoms with Crippen molar-refractivity contribution in [1.29, 1.82) is 0 Å². The van der Waals surface area contributed by atoms with Gasteiger partial charge in [-0.15, -0.1) is 0 Å². The summed E-state index contributed by atoms with van der Waals surface area (Å²) in [5.74, 6) is -1.07. The van der Waals surface area contributed by atoms with Crippen molar-refractivity contribution in [2.24, 2.45) is 0 Å². The third-order valence-corrected chi connectivity index (χ3v) is 2.25. The van der Waals surface area contributed by atoms with E-state index in [0.29, 0.717) is 0 Å². The van der Waals surface area contributed by atoms with Crippen molar-refractivity contribution in [2.45, 2.75) is 25.9 Å². The van der Waals surface area contributed by atoms with Crippen LogP contribution in [0.25, 0.3) is 0 Å². The van der Waals surface area contributed by atoms with E-state index >= 15 is 0 Å². The van der Waals surface area contributed by atoms with Crippen LogP contribution in [0.15, 0.2) is 24.5 Å². The first-order chi connectivity index (χ1) is 8.00. The van der Waals surface area contributed by atoms with E-state index in [9.17, 15) is 9.59 Å². The Hall–Kier alpha value is -2.11. The van der Waals surface area contributed by atoms with Crippen LogP contribution in [-0.2, 0) is 4.79 Å². The van der Waals surface area contributed by atoms with Crippen LogP contribution in [0.3, 0.4) is 0 Å². The fraction of sp³-hybridized carbons (Fsp3) is 0.364. The second-order valence-corrected chi connectivity index (χ2v) is 3.69. The van der Waals surface area contributed by atoms with Crippen LogP contribution in [0.2, 0.25) is 0 Å². The highest BCUT2D eigenvalue weighted by Gasteiger charge is 2.15. The Morgan fingerprint density at radius 3 is 2.59 bits per heavy atom. The average molecular weight is 237 g/mol. The number of carbonyl (C=O) groups is 2. The zero-order chi connectivity index (χ0) is 12.8. The van der Waals surface area contributed by atoms with E-state index in [1.54, 1.807) is 25.4 Å². The van der Waals surface area contributed by atoms with Gasteiger partial charge in [0, 0.05) is 12.4 Å². The van der Waals surface area contributed by atoms with Gasteiger partial charge in [-0.05, 0) is 25.5 Å². The molecule has 0 aliphatic rings. The smallest absolute Gasteiger partial charge is 0.325 e. The molecule has 0 aliphatic carbocycles. The van der Waals surface area contributed by atoms with E-state index in [1.165, 1.54) is 6.92 Å². The molecule has 1 heterocycles. The number of aliphatic carboxylic acids is 1. The quantitative estimate of drug-likeness (QED) is 0.726. The molecule has 0 spiro atoms. The molecule has 2 amide bonds. The van der Waals surface area contributed by atoms with E-state index in [1.807, 2.05) is 6.07 Å². The molecule has 0 fully saturated rings. The van der Waals surface area contributed by atoms with Crippen LogP contribution in [0.1, 0.15) is 25.5 Å². The number of carbonyl (C=O) groups excluding carboxylic acids is 1. The van der Waals surface area contributed by atoms with Gasteiger partial charge in [-0.25, -0.2) is 4.79 Å². The zero-order valence-electron chi connectivity index (χ0n) is 9.68. The maximum atomic E-state index is 11.4. The van der Waals surface area contributed by atoms with Crippen molar-refractivity contribution in [2.75, 3.05) is 0 Å². The lowest BCUT2D eigenvalue weighted by Gasteiger charge is -2.16. The highest BCUT2D eigenvalue weighted by molar-refractivity contribution is 5.82. The molecule has 0 aromatic carbocycles. The lowest BCUT2D eigenvalue weighted by atomic mass is 10.1. The summed E-state index contributed by atoms with van der Waals surface area (Å²) in [5.41, 5.74) is 0.852. The Morgan fingerprint density at radius 1 is 1.35 bits per heavy atom. The van der Waals surface area contributed by atoms with Crippen LogP contribution in [0, 0.1) is 0 Å². The number of nitrogens with one attached hydrogen (secondary N) is 2. The monoisotopic (exact) mass is 237 g/mol. The Kier molecular flexibility index (Phi) is 4.45. The maximum absolute atomic E-state index is 11.4. The van der Waals surface area contributed by atoms with Crippen molar-refractivity contribution in [3.8, 4) is 0 Å². The van der Waals surface area contributed by atoms with Crippen LogP contribution in [0.5, 0.6) is 0 Å². The van der Waals surface area contributed by atoms with E-state index < -0.39 is 18.0 Å². The minimum absolute atomic E-state index is 0.232. The Bertz CT molecular complexity index is 394. The Morgan fingerprint density at radius 2 is 2.06 bits per heavy atom. The SMILES string of the molecule is CC(NC(=O)NC(C)c1cccnc1)C(=O)O. The molecule has 1 rings (SSSR count). The van der Waals surface area contributed by atoms with Gasteiger partial charge in [-0.3, -0.25) is 9.78 Å². The van der Waals surface area contributed by atoms with Gasteiger partial charge in [0.15, 0.2) is 0 Å². The zero-order valence-corrected chi connectivity index (χ0v) is 9.68. The summed E-state index contributed by atoms with van der Waals surface area (Å²) in [6, 6.07) is 1.93.